The average Bonchev–Trinajstić information content (AvgIpc) is 2.57. The summed E-state index contributed by atoms with van der Waals surface area (Å²) in [6.45, 7) is 6.47. The molecule has 2 N–H and O–H groups in total. The van der Waals surface area contributed by atoms with Crippen molar-refractivity contribution in [2.75, 3.05) is 56.2 Å². The van der Waals surface area contributed by atoms with E-state index in [2.05, 4.69) is 20.1 Å². The standard InChI is InChI=1S/C17H28N4O3S.HI/c1-3-18-17(19-9-6-14-25(2,23)24)21-12-10-20(11-13-21)15-7-4-5-8-16(15)22;/h4-5,7-8,22H,3,6,9-14H2,1-2H3,(H,18,19);1H. The van der Waals surface area contributed by atoms with Gasteiger partial charge in [-0.1, -0.05) is 12.1 Å². The van der Waals surface area contributed by atoms with Crippen LogP contribution in [-0.2, 0) is 9.84 Å². The summed E-state index contributed by atoms with van der Waals surface area (Å²) in [4.78, 5) is 8.90. The molecule has 1 heterocycles. The van der Waals surface area contributed by atoms with Gasteiger partial charge in [-0.05, 0) is 25.5 Å². The molecule has 0 aromatic heterocycles. The van der Waals surface area contributed by atoms with Crippen LogP contribution in [0.1, 0.15) is 13.3 Å². The molecule has 1 aromatic rings. The summed E-state index contributed by atoms with van der Waals surface area (Å²) >= 11 is 0. The van der Waals surface area contributed by atoms with Gasteiger partial charge in [0.05, 0.1) is 11.4 Å². The Hall–Kier alpha value is -1.23. The number of aliphatic imine (C=N–C) groups is 1. The van der Waals surface area contributed by atoms with Gasteiger partial charge in [0.15, 0.2) is 5.96 Å². The van der Waals surface area contributed by atoms with Crippen molar-refractivity contribution in [1.29, 1.82) is 0 Å². The average molecular weight is 496 g/mol. The van der Waals surface area contributed by atoms with Crippen LogP contribution in [0, 0.1) is 0 Å². The molecule has 0 saturated carbocycles. The molecule has 0 aliphatic carbocycles. The van der Waals surface area contributed by atoms with E-state index in [1.807, 2.05) is 25.1 Å². The van der Waals surface area contributed by atoms with E-state index in [1.54, 1.807) is 6.07 Å². The highest BCUT2D eigenvalue weighted by Crippen LogP contribution is 2.27. The SMILES string of the molecule is CCNC(=NCCCS(C)(=O)=O)N1CCN(c2ccccc2O)CC1.I. The first kappa shape index (κ1) is 22.8. The lowest BCUT2D eigenvalue weighted by Crippen LogP contribution is -2.52. The minimum absolute atomic E-state index is 0. The number of guanidine groups is 1. The number of halogens is 1. The summed E-state index contributed by atoms with van der Waals surface area (Å²) in [6, 6.07) is 7.38. The molecule has 1 aliphatic heterocycles. The second-order valence-electron chi connectivity index (χ2n) is 6.18. The molecule has 1 fully saturated rings. The second-order valence-corrected chi connectivity index (χ2v) is 8.44. The number of anilines is 1. The van der Waals surface area contributed by atoms with Crippen molar-refractivity contribution in [3.63, 3.8) is 0 Å². The van der Waals surface area contributed by atoms with Crippen molar-refractivity contribution in [2.45, 2.75) is 13.3 Å². The lowest BCUT2D eigenvalue weighted by molar-refractivity contribution is 0.370. The van der Waals surface area contributed by atoms with Crippen LogP contribution in [-0.4, -0.2) is 75.7 Å². The molecular formula is C17H29IN4O3S. The Labute approximate surface area is 173 Å². The number of nitrogens with zero attached hydrogens (tertiary/aromatic N) is 3. The molecule has 1 aliphatic rings. The number of piperazine rings is 1. The van der Waals surface area contributed by atoms with Crippen LogP contribution in [0.2, 0.25) is 0 Å². The number of phenols is 1. The van der Waals surface area contributed by atoms with Crippen LogP contribution in [0.4, 0.5) is 5.69 Å². The Morgan fingerprint density at radius 2 is 1.88 bits per heavy atom. The molecule has 9 heteroatoms. The van der Waals surface area contributed by atoms with Gasteiger partial charge >= 0.3 is 0 Å². The lowest BCUT2D eigenvalue weighted by atomic mass is 10.2. The van der Waals surface area contributed by atoms with Crippen LogP contribution in [0.15, 0.2) is 29.3 Å². The topological polar surface area (TPSA) is 85.2 Å². The fraction of sp³-hybridized carbons (Fsp3) is 0.588. The molecule has 0 spiro atoms. The fourth-order valence-corrected chi connectivity index (χ4v) is 3.48. The van der Waals surface area contributed by atoms with Gasteiger partial charge in [0.2, 0.25) is 0 Å². The van der Waals surface area contributed by atoms with E-state index in [1.165, 1.54) is 6.26 Å². The van der Waals surface area contributed by atoms with Gasteiger partial charge in [0.1, 0.15) is 15.6 Å². The van der Waals surface area contributed by atoms with E-state index in [4.69, 9.17) is 0 Å². The summed E-state index contributed by atoms with van der Waals surface area (Å²) in [6.07, 6.45) is 1.78. The maximum atomic E-state index is 11.2. The number of sulfone groups is 1. The predicted octanol–water partition coefficient (Wildman–Crippen LogP) is 1.53. The summed E-state index contributed by atoms with van der Waals surface area (Å²) in [7, 11) is -2.93. The largest absolute Gasteiger partial charge is 0.506 e. The van der Waals surface area contributed by atoms with Gasteiger partial charge in [-0.2, -0.15) is 0 Å². The number of benzene rings is 1. The van der Waals surface area contributed by atoms with Crippen LogP contribution in [0.25, 0.3) is 0 Å². The molecule has 0 atom stereocenters. The van der Waals surface area contributed by atoms with Crippen LogP contribution in [0.5, 0.6) is 5.75 Å². The Morgan fingerprint density at radius 1 is 1.23 bits per heavy atom. The normalized spacial score (nSPS) is 15.5. The maximum Gasteiger partial charge on any atom is 0.194 e. The van der Waals surface area contributed by atoms with Crippen LogP contribution >= 0.6 is 24.0 Å². The predicted molar refractivity (Wildman–Crippen MR) is 118 cm³/mol. The first-order valence-electron chi connectivity index (χ1n) is 8.64. The Balaban J connectivity index is 0.00000338. The van der Waals surface area contributed by atoms with Crippen molar-refractivity contribution in [3.8, 4) is 5.75 Å². The van der Waals surface area contributed by atoms with E-state index >= 15 is 0 Å². The highest BCUT2D eigenvalue weighted by Gasteiger charge is 2.21. The smallest absolute Gasteiger partial charge is 0.194 e. The number of hydrogen-bond donors (Lipinski definition) is 2. The summed E-state index contributed by atoms with van der Waals surface area (Å²) in [5, 5.41) is 13.3. The molecule has 2 rings (SSSR count). The Bertz CT molecular complexity index is 689. The number of hydrogen-bond acceptors (Lipinski definition) is 5. The highest BCUT2D eigenvalue weighted by molar-refractivity contribution is 14.0. The molecular weight excluding hydrogens is 467 g/mol. The monoisotopic (exact) mass is 496 g/mol. The van der Waals surface area contributed by atoms with E-state index in [-0.39, 0.29) is 29.7 Å². The molecule has 0 bridgehead atoms. The van der Waals surface area contributed by atoms with Crippen molar-refractivity contribution >= 4 is 45.5 Å². The van der Waals surface area contributed by atoms with Crippen molar-refractivity contribution < 1.29 is 13.5 Å². The van der Waals surface area contributed by atoms with Crippen LogP contribution < -0.4 is 10.2 Å². The van der Waals surface area contributed by atoms with Crippen molar-refractivity contribution in [1.82, 2.24) is 10.2 Å². The number of nitrogens with one attached hydrogen (secondary N) is 1. The number of para-hydroxylation sites is 2. The summed E-state index contributed by atoms with van der Waals surface area (Å²) in [5.74, 6) is 1.29. The summed E-state index contributed by atoms with van der Waals surface area (Å²) in [5.41, 5.74) is 0.859. The zero-order chi connectivity index (χ0) is 18.3. The van der Waals surface area contributed by atoms with E-state index in [0.717, 1.165) is 44.4 Å². The fourth-order valence-electron chi connectivity index (χ4n) is 2.83. The van der Waals surface area contributed by atoms with Crippen molar-refractivity contribution in [3.05, 3.63) is 24.3 Å². The van der Waals surface area contributed by atoms with Gasteiger partial charge in [0.25, 0.3) is 0 Å². The van der Waals surface area contributed by atoms with Gasteiger partial charge in [0, 0.05) is 45.5 Å². The third-order valence-corrected chi connectivity index (χ3v) is 5.10. The van der Waals surface area contributed by atoms with E-state index < -0.39 is 9.84 Å². The molecule has 0 unspecified atom stereocenters. The van der Waals surface area contributed by atoms with Gasteiger partial charge < -0.3 is 20.2 Å². The zero-order valence-electron chi connectivity index (χ0n) is 15.4. The molecule has 1 saturated heterocycles. The first-order valence-corrected chi connectivity index (χ1v) is 10.7. The lowest BCUT2D eigenvalue weighted by Gasteiger charge is -2.37. The molecule has 1 aromatic carbocycles. The number of rotatable bonds is 6. The van der Waals surface area contributed by atoms with Gasteiger partial charge in [-0.3, -0.25) is 4.99 Å². The van der Waals surface area contributed by atoms with E-state index in [0.29, 0.717) is 18.7 Å². The van der Waals surface area contributed by atoms with Crippen molar-refractivity contribution in [2.24, 2.45) is 4.99 Å². The molecule has 148 valence electrons. The molecule has 0 radical (unpaired) electrons. The third kappa shape index (κ3) is 7.18. The minimum Gasteiger partial charge on any atom is -0.506 e. The van der Waals surface area contributed by atoms with E-state index in [9.17, 15) is 13.5 Å². The maximum absolute atomic E-state index is 11.2. The third-order valence-electron chi connectivity index (χ3n) is 4.07. The first-order chi connectivity index (χ1) is 11.9. The molecule has 0 amide bonds. The minimum atomic E-state index is -2.93. The Kier molecular flexibility index (Phi) is 9.48. The quantitative estimate of drug-likeness (QED) is 0.269. The van der Waals surface area contributed by atoms with Gasteiger partial charge in [-0.15, -0.1) is 24.0 Å². The molecule has 26 heavy (non-hydrogen) atoms. The zero-order valence-corrected chi connectivity index (χ0v) is 18.5. The second kappa shape index (κ2) is 10.8. The van der Waals surface area contributed by atoms with Gasteiger partial charge in [-0.25, -0.2) is 8.42 Å². The molecule has 7 nitrogen and oxygen atoms in total. The number of aromatic hydroxyl groups is 1. The number of phenolic OH excluding ortho intramolecular Hbond substituents is 1. The Morgan fingerprint density at radius 3 is 2.46 bits per heavy atom. The highest BCUT2D eigenvalue weighted by atomic mass is 127. The summed E-state index contributed by atoms with van der Waals surface area (Å²) < 4.78 is 22.4. The van der Waals surface area contributed by atoms with Crippen LogP contribution in [0.3, 0.4) is 0 Å².